The first-order chi connectivity index (χ1) is 14.7. The standard InChI is InChI=1S/C24H30N4OS/c1-3-11-28-20-9-7-17(14-19(20)23-22(24(28)29)16(2)25-26-23)21-10-8-18(30-21)15-27-12-5-4-6-13-27/h7-10,14,16,22,25H,3-6,11-13,15H2,1-2H3/t16-,22?/m0/s1. The van der Waals surface area contributed by atoms with Crippen LogP contribution in [-0.4, -0.2) is 42.2 Å². The average Bonchev–Trinajstić information content (AvgIpc) is 3.38. The lowest BCUT2D eigenvalue weighted by Crippen LogP contribution is -2.48. The Hall–Kier alpha value is -2.18. The van der Waals surface area contributed by atoms with Gasteiger partial charge >= 0.3 is 0 Å². The third kappa shape index (κ3) is 3.46. The molecular formula is C24H30N4OS. The number of hydrogen-bond donors (Lipinski definition) is 1. The highest BCUT2D eigenvalue weighted by molar-refractivity contribution is 7.15. The van der Waals surface area contributed by atoms with Crippen molar-refractivity contribution < 1.29 is 4.79 Å². The molecule has 3 aliphatic rings. The maximum absolute atomic E-state index is 13.1. The molecule has 4 heterocycles. The minimum absolute atomic E-state index is 0.0431. The molecule has 0 saturated carbocycles. The Kier molecular flexibility index (Phi) is 5.37. The van der Waals surface area contributed by atoms with Crippen LogP contribution >= 0.6 is 11.3 Å². The van der Waals surface area contributed by atoms with Gasteiger partial charge in [-0.25, -0.2) is 0 Å². The van der Waals surface area contributed by atoms with E-state index in [-0.39, 0.29) is 17.9 Å². The van der Waals surface area contributed by atoms with Crippen LogP contribution in [-0.2, 0) is 11.3 Å². The highest BCUT2D eigenvalue weighted by atomic mass is 32.1. The van der Waals surface area contributed by atoms with Gasteiger partial charge in [0.25, 0.3) is 0 Å². The number of thiophene rings is 1. The molecule has 1 aromatic carbocycles. The molecule has 1 N–H and O–H groups in total. The Balaban J connectivity index is 1.46. The number of nitrogens with zero attached hydrogens (tertiary/aromatic N) is 3. The van der Waals surface area contributed by atoms with Crippen LogP contribution in [0.5, 0.6) is 0 Å². The van der Waals surface area contributed by atoms with Crippen LogP contribution in [0.15, 0.2) is 35.4 Å². The van der Waals surface area contributed by atoms with Crippen molar-refractivity contribution in [2.24, 2.45) is 11.0 Å². The van der Waals surface area contributed by atoms with Gasteiger partial charge < -0.3 is 10.3 Å². The van der Waals surface area contributed by atoms with Crippen molar-refractivity contribution in [3.8, 4) is 10.4 Å². The first kappa shape index (κ1) is 19.8. The van der Waals surface area contributed by atoms with Crippen molar-refractivity contribution >= 4 is 28.6 Å². The molecule has 158 valence electrons. The summed E-state index contributed by atoms with van der Waals surface area (Å²) < 4.78 is 0. The van der Waals surface area contributed by atoms with E-state index in [1.165, 1.54) is 47.7 Å². The maximum atomic E-state index is 13.1. The molecule has 5 rings (SSSR count). The quantitative estimate of drug-likeness (QED) is 0.773. The smallest absolute Gasteiger partial charge is 0.238 e. The fourth-order valence-corrected chi connectivity index (χ4v) is 5.98. The summed E-state index contributed by atoms with van der Waals surface area (Å²) in [5.74, 6) is -0.00871. The topological polar surface area (TPSA) is 47.9 Å². The van der Waals surface area contributed by atoms with E-state index in [4.69, 9.17) is 0 Å². The van der Waals surface area contributed by atoms with Crippen LogP contribution < -0.4 is 10.3 Å². The maximum Gasteiger partial charge on any atom is 0.238 e. The van der Waals surface area contributed by atoms with Gasteiger partial charge in [-0.15, -0.1) is 11.3 Å². The van der Waals surface area contributed by atoms with Gasteiger partial charge in [-0.1, -0.05) is 19.4 Å². The summed E-state index contributed by atoms with van der Waals surface area (Å²) in [5, 5.41) is 4.56. The van der Waals surface area contributed by atoms with E-state index < -0.39 is 0 Å². The molecule has 5 nitrogen and oxygen atoms in total. The van der Waals surface area contributed by atoms with Gasteiger partial charge in [-0.05, 0) is 69.1 Å². The number of benzene rings is 1. The van der Waals surface area contributed by atoms with E-state index in [1.807, 2.05) is 23.2 Å². The van der Waals surface area contributed by atoms with Gasteiger partial charge in [0.05, 0.1) is 17.4 Å². The Morgan fingerprint density at radius 2 is 2.00 bits per heavy atom. The van der Waals surface area contributed by atoms with Gasteiger partial charge in [-0.2, -0.15) is 5.10 Å². The van der Waals surface area contributed by atoms with Gasteiger partial charge in [0, 0.05) is 28.4 Å². The minimum Gasteiger partial charge on any atom is -0.311 e. The van der Waals surface area contributed by atoms with Gasteiger partial charge in [0.1, 0.15) is 5.92 Å². The Labute approximate surface area is 182 Å². The van der Waals surface area contributed by atoms with Crippen LogP contribution in [0.2, 0.25) is 0 Å². The van der Waals surface area contributed by atoms with E-state index >= 15 is 0 Å². The monoisotopic (exact) mass is 422 g/mol. The zero-order valence-electron chi connectivity index (χ0n) is 17.9. The molecule has 2 atom stereocenters. The lowest BCUT2D eigenvalue weighted by atomic mass is 9.85. The van der Waals surface area contributed by atoms with Crippen LogP contribution in [0, 0.1) is 5.92 Å². The average molecular weight is 423 g/mol. The third-order valence-corrected chi connectivity index (χ3v) is 7.62. The molecule has 2 aromatic rings. The number of piperidine rings is 1. The first-order valence-corrected chi connectivity index (χ1v) is 12.1. The lowest BCUT2D eigenvalue weighted by Gasteiger charge is -2.34. The summed E-state index contributed by atoms with van der Waals surface area (Å²) in [6.07, 6.45) is 4.97. The molecule has 3 aliphatic heterocycles. The number of hydrogen-bond acceptors (Lipinski definition) is 5. The van der Waals surface area contributed by atoms with E-state index in [9.17, 15) is 4.79 Å². The predicted molar refractivity (Wildman–Crippen MR) is 124 cm³/mol. The second kappa shape index (κ2) is 8.16. The zero-order chi connectivity index (χ0) is 20.7. The SMILES string of the molecule is CCCN1C(=O)C2C(=NN[C@H]2C)c2cc(-c3ccc(CN4CCCCC4)s3)ccc21. The van der Waals surface area contributed by atoms with E-state index in [2.05, 4.69) is 52.7 Å². The summed E-state index contributed by atoms with van der Waals surface area (Å²) >= 11 is 1.89. The van der Waals surface area contributed by atoms with E-state index in [0.29, 0.717) is 0 Å². The molecule has 1 amide bonds. The third-order valence-electron chi connectivity index (χ3n) is 6.50. The summed E-state index contributed by atoms with van der Waals surface area (Å²) in [4.78, 5) is 20.4. The van der Waals surface area contributed by atoms with Crippen molar-refractivity contribution in [2.75, 3.05) is 24.5 Å². The molecule has 1 fully saturated rings. The summed E-state index contributed by atoms with van der Waals surface area (Å²) in [7, 11) is 0. The highest BCUT2D eigenvalue weighted by Crippen LogP contribution is 2.39. The van der Waals surface area contributed by atoms with Crippen LogP contribution in [0.4, 0.5) is 5.69 Å². The molecule has 0 spiro atoms. The summed E-state index contributed by atoms with van der Waals surface area (Å²) in [5.41, 5.74) is 7.37. The van der Waals surface area contributed by atoms with Crippen molar-refractivity contribution in [1.82, 2.24) is 10.3 Å². The molecule has 0 bridgehead atoms. The summed E-state index contributed by atoms with van der Waals surface area (Å²) in [6.45, 7) is 8.42. The van der Waals surface area contributed by atoms with Crippen LogP contribution in [0.25, 0.3) is 10.4 Å². The fourth-order valence-electron chi connectivity index (χ4n) is 4.94. The molecular weight excluding hydrogens is 392 g/mol. The number of carbonyl (C=O) groups excluding carboxylic acids is 1. The highest BCUT2D eigenvalue weighted by Gasteiger charge is 2.43. The second-order valence-electron chi connectivity index (χ2n) is 8.72. The van der Waals surface area contributed by atoms with Gasteiger partial charge in [0.15, 0.2) is 0 Å². The second-order valence-corrected chi connectivity index (χ2v) is 9.89. The number of carbonyl (C=O) groups is 1. The molecule has 6 heteroatoms. The number of amides is 1. The lowest BCUT2D eigenvalue weighted by molar-refractivity contribution is -0.121. The van der Waals surface area contributed by atoms with Gasteiger partial charge in [-0.3, -0.25) is 9.69 Å². The first-order valence-electron chi connectivity index (χ1n) is 11.3. The number of nitrogens with one attached hydrogen (secondary N) is 1. The van der Waals surface area contributed by atoms with Crippen LogP contribution in [0.1, 0.15) is 50.0 Å². The molecule has 30 heavy (non-hydrogen) atoms. The Morgan fingerprint density at radius 1 is 1.17 bits per heavy atom. The van der Waals surface area contributed by atoms with Crippen LogP contribution in [0.3, 0.4) is 0 Å². The minimum atomic E-state index is -0.183. The van der Waals surface area contributed by atoms with Crippen molar-refractivity contribution in [2.45, 2.75) is 52.1 Å². The molecule has 0 radical (unpaired) electrons. The molecule has 1 saturated heterocycles. The van der Waals surface area contributed by atoms with Crippen molar-refractivity contribution in [3.63, 3.8) is 0 Å². The van der Waals surface area contributed by atoms with E-state index in [1.54, 1.807) is 0 Å². The number of fused-ring (bicyclic) bond motifs is 3. The molecule has 1 unspecified atom stereocenters. The van der Waals surface area contributed by atoms with Crippen molar-refractivity contribution in [3.05, 3.63) is 40.8 Å². The fraction of sp³-hybridized carbons (Fsp3) is 0.500. The van der Waals surface area contributed by atoms with E-state index in [0.717, 1.165) is 36.5 Å². The normalized spacial score (nSPS) is 23.7. The molecule has 0 aliphatic carbocycles. The van der Waals surface area contributed by atoms with Gasteiger partial charge in [0.2, 0.25) is 5.91 Å². The molecule has 1 aromatic heterocycles. The Bertz CT molecular complexity index is 975. The Morgan fingerprint density at radius 3 is 2.80 bits per heavy atom. The largest absolute Gasteiger partial charge is 0.311 e. The number of hydrazone groups is 1. The van der Waals surface area contributed by atoms with Crippen molar-refractivity contribution in [1.29, 1.82) is 0 Å². The summed E-state index contributed by atoms with van der Waals surface area (Å²) in [6, 6.07) is 11.1. The number of anilines is 1. The zero-order valence-corrected chi connectivity index (χ0v) is 18.7. The number of rotatable bonds is 5. The predicted octanol–water partition coefficient (Wildman–Crippen LogP) is 4.47. The number of likely N-dealkylation sites (tertiary alicyclic amines) is 1.